The molecule has 5 rings (SSSR count). The molecule has 1 aliphatic rings. The van der Waals surface area contributed by atoms with Gasteiger partial charge in [-0.25, -0.2) is 0 Å². The molecular weight excluding hydrogens is 330 g/mol. The van der Waals surface area contributed by atoms with Crippen molar-refractivity contribution >= 4 is 32.4 Å². The fourth-order valence-electron chi connectivity index (χ4n) is 3.61. The van der Waals surface area contributed by atoms with Gasteiger partial charge < -0.3 is 18.9 Å². The molecule has 4 aromatic rings. The first kappa shape index (κ1) is 15.1. The lowest BCUT2D eigenvalue weighted by atomic mass is 10.0. The van der Waals surface area contributed by atoms with E-state index in [0.717, 1.165) is 49.7 Å². The molecule has 26 heavy (non-hydrogen) atoms. The first-order valence-corrected chi connectivity index (χ1v) is 8.54. The number of benzene rings is 3. The number of nitrogens with zero attached hydrogens (tertiary/aromatic N) is 1. The molecule has 0 fully saturated rings. The van der Waals surface area contributed by atoms with Crippen molar-refractivity contribution < 1.29 is 18.9 Å². The average molecular weight is 347 g/mol. The molecular formula is C21H17NO4. The van der Waals surface area contributed by atoms with E-state index in [-0.39, 0.29) is 6.79 Å². The van der Waals surface area contributed by atoms with Crippen molar-refractivity contribution in [3.05, 3.63) is 42.6 Å². The van der Waals surface area contributed by atoms with Crippen molar-refractivity contribution in [3.8, 4) is 23.0 Å². The summed E-state index contributed by atoms with van der Waals surface area (Å²) < 4.78 is 22.3. The number of fused-ring (bicyclic) bond motifs is 6. The Morgan fingerprint density at radius 1 is 0.962 bits per heavy atom. The van der Waals surface area contributed by atoms with E-state index < -0.39 is 0 Å². The van der Waals surface area contributed by atoms with E-state index in [0.29, 0.717) is 12.4 Å². The molecule has 0 saturated carbocycles. The summed E-state index contributed by atoms with van der Waals surface area (Å²) in [6, 6.07) is 12.2. The van der Waals surface area contributed by atoms with Crippen LogP contribution in [0.1, 0.15) is 6.92 Å². The van der Waals surface area contributed by atoms with E-state index in [1.54, 1.807) is 7.11 Å². The zero-order valence-electron chi connectivity index (χ0n) is 14.5. The monoisotopic (exact) mass is 347 g/mol. The van der Waals surface area contributed by atoms with Crippen molar-refractivity contribution in [1.29, 1.82) is 0 Å². The van der Waals surface area contributed by atoms with E-state index in [9.17, 15) is 0 Å². The van der Waals surface area contributed by atoms with Gasteiger partial charge in [0.15, 0.2) is 23.0 Å². The summed E-state index contributed by atoms with van der Waals surface area (Å²) >= 11 is 0. The quantitative estimate of drug-likeness (QED) is 0.504. The fraction of sp³-hybridized carbons (Fsp3) is 0.190. The number of rotatable bonds is 3. The minimum atomic E-state index is 0.261. The standard InChI is InChI=1S/C21H17NO4/c1-3-24-17-7-6-13-14-5-4-12-8-18-19(26-11-25-18)9-15(12)20(14)22-10-16(13)21(17)23-2/h4-10H,3,11H2,1-2H3. The lowest BCUT2D eigenvalue weighted by Crippen LogP contribution is -1.96. The predicted octanol–water partition coefficient (Wildman–Crippen LogP) is 4.68. The first-order chi connectivity index (χ1) is 12.8. The third kappa shape index (κ3) is 2.07. The highest BCUT2D eigenvalue weighted by Gasteiger charge is 2.17. The molecule has 0 amide bonds. The van der Waals surface area contributed by atoms with Crippen LogP contribution in [0.4, 0.5) is 0 Å². The van der Waals surface area contributed by atoms with Gasteiger partial charge in [-0.1, -0.05) is 12.1 Å². The van der Waals surface area contributed by atoms with Crippen molar-refractivity contribution in [1.82, 2.24) is 4.98 Å². The van der Waals surface area contributed by atoms with Gasteiger partial charge in [-0.05, 0) is 42.0 Å². The molecule has 1 aliphatic heterocycles. The van der Waals surface area contributed by atoms with Gasteiger partial charge in [-0.15, -0.1) is 0 Å². The van der Waals surface area contributed by atoms with Crippen molar-refractivity contribution in [3.63, 3.8) is 0 Å². The van der Waals surface area contributed by atoms with E-state index in [4.69, 9.17) is 23.9 Å². The molecule has 0 aliphatic carbocycles. The third-order valence-corrected chi connectivity index (χ3v) is 4.76. The van der Waals surface area contributed by atoms with Crippen LogP contribution in [0, 0.1) is 0 Å². The summed E-state index contributed by atoms with van der Waals surface area (Å²) in [7, 11) is 1.66. The largest absolute Gasteiger partial charge is 0.492 e. The Kier molecular flexibility index (Phi) is 3.28. The molecule has 0 saturated heterocycles. The number of aromatic nitrogens is 1. The topological polar surface area (TPSA) is 49.8 Å². The third-order valence-electron chi connectivity index (χ3n) is 4.76. The maximum atomic E-state index is 5.69. The van der Waals surface area contributed by atoms with Crippen LogP contribution < -0.4 is 18.9 Å². The van der Waals surface area contributed by atoms with E-state index in [2.05, 4.69) is 18.2 Å². The smallest absolute Gasteiger partial charge is 0.231 e. The SMILES string of the molecule is CCOc1ccc2c(cnc3c4cc5c(cc4ccc23)OCO5)c1OC. The number of pyridine rings is 1. The number of hydrogen-bond donors (Lipinski definition) is 0. The van der Waals surface area contributed by atoms with Crippen molar-refractivity contribution in [2.45, 2.75) is 6.92 Å². The van der Waals surface area contributed by atoms with Gasteiger partial charge in [0.25, 0.3) is 0 Å². The maximum Gasteiger partial charge on any atom is 0.231 e. The average Bonchev–Trinajstić information content (AvgIpc) is 3.13. The Hall–Kier alpha value is -3.21. The molecule has 130 valence electrons. The van der Waals surface area contributed by atoms with Crippen LogP contribution in [-0.4, -0.2) is 25.5 Å². The minimum Gasteiger partial charge on any atom is -0.492 e. The number of ether oxygens (including phenoxy) is 4. The maximum absolute atomic E-state index is 5.69. The Morgan fingerprint density at radius 2 is 1.77 bits per heavy atom. The summed E-state index contributed by atoms with van der Waals surface area (Å²) in [4.78, 5) is 4.74. The Morgan fingerprint density at radius 3 is 2.58 bits per heavy atom. The van der Waals surface area contributed by atoms with E-state index in [1.165, 1.54) is 0 Å². The van der Waals surface area contributed by atoms with Gasteiger partial charge in [0.1, 0.15) is 0 Å². The van der Waals surface area contributed by atoms with Gasteiger partial charge in [-0.3, -0.25) is 4.98 Å². The molecule has 5 nitrogen and oxygen atoms in total. The first-order valence-electron chi connectivity index (χ1n) is 8.54. The van der Waals surface area contributed by atoms with Gasteiger partial charge in [-0.2, -0.15) is 0 Å². The summed E-state index contributed by atoms with van der Waals surface area (Å²) in [5, 5.41) is 5.20. The van der Waals surface area contributed by atoms with Crippen molar-refractivity contribution in [2.75, 3.05) is 20.5 Å². The summed E-state index contributed by atoms with van der Waals surface area (Å²) in [6.07, 6.45) is 1.85. The summed E-state index contributed by atoms with van der Waals surface area (Å²) in [5.41, 5.74) is 0.930. The number of hydrogen-bond acceptors (Lipinski definition) is 5. The predicted molar refractivity (Wildman–Crippen MR) is 101 cm³/mol. The highest BCUT2D eigenvalue weighted by atomic mass is 16.7. The molecule has 0 spiro atoms. The molecule has 0 atom stereocenters. The second-order valence-electron chi connectivity index (χ2n) is 6.14. The fourth-order valence-corrected chi connectivity index (χ4v) is 3.61. The minimum absolute atomic E-state index is 0.261. The molecule has 3 aromatic carbocycles. The Labute approximate surface area is 150 Å². The second kappa shape index (κ2) is 5.66. The molecule has 2 heterocycles. The van der Waals surface area contributed by atoms with Crippen LogP contribution in [0.2, 0.25) is 0 Å². The zero-order valence-corrected chi connectivity index (χ0v) is 14.5. The van der Waals surface area contributed by atoms with Crippen LogP contribution in [0.25, 0.3) is 32.4 Å². The second-order valence-corrected chi connectivity index (χ2v) is 6.14. The highest BCUT2D eigenvalue weighted by molar-refractivity contribution is 6.16. The van der Waals surface area contributed by atoms with E-state index in [1.807, 2.05) is 31.3 Å². The number of methoxy groups -OCH3 is 1. The Balaban J connectivity index is 1.84. The zero-order chi connectivity index (χ0) is 17.7. The van der Waals surface area contributed by atoms with Gasteiger partial charge >= 0.3 is 0 Å². The molecule has 1 aromatic heterocycles. The van der Waals surface area contributed by atoms with Crippen LogP contribution in [0.3, 0.4) is 0 Å². The molecule has 0 unspecified atom stereocenters. The van der Waals surface area contributed by atoms with E-state index >= 15 is 0 Å². The van der Waals surface area contributed by atoms with Crippen molar-refractivity contribution in [2.24, 2.45) is 0 Å². The lowest BCUT2D eigenvalue weighted by Gasteiger charge is -2.13. The molecule has 5 heteroatoms. The van der Waals surface area contributed by atoms with Crippen LogP contribution in [0.5, 0.6) is 23.0 Å². The molecule has 0 bridgehead atoms. The highest BCUT2D eigenvalue weighted by Crippen LogP contribution is 2.42. The lowest BCUT2D eigenvalue weighted by molar-refractivity contribution is 0.174. The summed E-state index contributed by atoms with van der Waals surface area (Å²) in [6.45, 7) is 2.80. The van der Waals surface area contributed by atoms with Gasteiger partial charge in [0.05, 0.1) is 19.2 Å². The van der Waals surface area contributed by atoms with Gasteiger partial charge in [0.2, 0.25) is 6.79 Å². The molecule has 0 N–H and O–H groups in total. The molecule has 0 radical (unpaired) electrons. The normalized spacial score (nSPS) is 12.8. The van der Waals surface area contributed by atoms with Crippen LogP contribution in [0.15, 0.2) is 42.6 Å². The van der Waals surface area contributed by atoms with Crippen LogP contribution >= 0.6 is 0 Å². The van der Waals surface area contributed by atoms with Crippen LogP contribution in [-0.2, 0) is 0 Å². The van der Waals surface area contributed by atoms with Gasteiger partial charge in [0, 0.05) is 22.4 Å². The summed E-state index contributed by atoms with van der Waals surface area (Å²) in [5.74, 6) is 2.98. The Bertz CT molecular complexity index is 1170.